The predicted molar refractivity (Wildman–Crippen MR) is 67.3 cm³/mol. The first-order chi connectivity index (χ1) is 9.21. The van der Waals surface area contributed by atoms with Crippen LogP contribution in [0, 0.1) is 21.7 Å². The largest absolute Gasteiger partial charge is 0.433 e. The normalized spacial score (nSPS) is 11.6. The first-order valence-corrected chi connectivity index (χ1v) is 5.76. The molecule has 1 aromatic carbocycles. The van der Waals surface area contributed by atoms with E-state index in [4.69, 9.17) is 12.2 Å². The Morgan fingerprint density at radius 1 is 1.30 bits per heavy atom. The molecule has 0 aliphatic rings. The lowest BCUT2D eigenvalue weighted by Gasteiger charge is -2.05. The van der Waals surface area contributed by atoms with Crippen LogP contribution >= 0.6 is 12.2 Å². The average Bonchev–Trinajstić information content (AvgIpc) is 2.66. The number of rotatable bonds is 2. The molecule has 2 rings (SSSR count). The van der Waals surface area contributed by atoms with Gasteiger partial charge in [-0.1, -0.05) is 12.2 Å². The summed E-state index contributed by atoms with van der Waals surface area (Å²) in [5.74, 6) is 0. The van der Waals surface area contributed by atoms with Crippen molar-refractivity contribution >= 4 is 17.9 Å². The first kappa shape index (κ1) is 14.3. The second kappa shape index (κ2) is 4.75. The number of non-ortho nitro benzene ring substituents is 1. The number of aromatic nitrogens is 2. The molecule has 0 spiro atoms. The Hall–Kier alpha value is -2.16. The van der Waals surface area contributed by atoms with Gasteiger partial charge in [-0.25, -0.2) is 4.68 Å². The van der Waals surface area contributed by atoms with E-state index in [0.29, 0.717) is 5.69 Å². The minimum absolute atomic E-state index is 0.0221. The smallest absolute Gasteiger partial charge is 0.288 e. The summed E-state index contributed by atoms with van der Waals surface area (Å²) in [5.41, 5.74) is -0.884. The van der Waals surface area contributed by atoms with Crippen LogP contribution in [-0.4, -0.2) is 14.7 Å². The van der Waals surface area contributed by atoms with E-state index in [-0.39, 0.29) is 15.9 Å². The molecule has 0 fully saturated rings. The zero-order valence-corrected chi connectivity index (χ0v) is 10.9. The zero-order chi connectivity index (χ0) is 15.1. The van der Waals surface area contributed by atoms with Crippen molar-refractivity contribution in [2.45, 2.75) is 13.1 Å². The van der Waals surface area contributed by atoms with E-state index >= 15 is 0 Å². The predicted octanol–water partition coefficient (Wildman–Crippen LogP) is 3.77. The van der Waals surface area contributed by atoms with Gasteiger partial charge in [-0.15, -0.1) is 0 Å². The van der Waals surface area contributed by atoms with Gasteiger partial charge in [0.1, 0.15) is 10.3 Å². The van der Waals surface area contributed by atoms with E-state index in [1.165, 1.54) is 31.2 Å². The van der Waals surface area contributed by atoms with Crippen LogP contribution in [0.3, 0.4) is 0 Å². The molecule has 0 unspecified atom stereocenters. The molecule has 0 radical (unpaired) electrons. The van der Waals surface area contributed by atoms with Crippen LogP contribution in [-0.2, 0) is 6.18 Å². The fourth-order valence-corrected chi connectivity index (χ4v) is 1.96. The second-order valence-electron chi connectivity index (χ2n) is 4.02. The summed E-state index contributed by atoms with van der Waals surface area (Å²) in [5, 5.41) is 12.7. The lowest BCUT2D eigenvalue weighted by Crippen LogP contribution is -2.08. The van der Waals surface area contributed by atoms with Crippen LogP contribution in [0.15, 0.2) is 24.3 Å². The molecule has 1 N–H and O–H groups in total. The number of H-pyrrole nitrogens is 1. The van der Waals surface area contributed by atoms with Crippen molar-refractivity contribution in [3.05, 3.63) is 50.3 Å². The number of hydrogen-bond acceptors (Lipinski definition) is 3. The van der Waals surface area contributed by atoms with Crippen LogP contribution < -0.4 is 0 Å². The number of nitrogens with zero attached hydrogens (tertiary/aromatic N) is 2. The van der Waals surface area contributed by atoms with Crippen molar-refractivity contribution in [3.63, 3.8) is 0 Å². The second-order valence-corrected chi connectivity index (χ2v) is 4.41. The van der Waals surface area contributed by atoms with E-state index in [9.17, 15) is 23.3 Å². The van der Waals surface area contributed by atoms with Crippen molar-refractivity contribution in [2.24, 2.45) is 0 Å². The third-order valence-electron chi connectivity index (χ3n) is 2.72. The maximum absolute atomic E-state index is 12.7. The summed E-state index contributed by atoms with van der Waals surface area (Å²) in [6.07, 6.45) is -4.54. The summed E-state index contributed by atoms with van der Waals surface area (Å²) in [6, 6.07) is 5.04. The Kier molecular flexibility index (Phi) is 3.38. The number of hydrogen-bond donors (Lipinski definition) is 1. The third-order valence-corrected chi connectivity index (χ3v) is 3.21. The Bertz CT molecular complexity index is 716. The topological polar surface area (TPSA) is 63.9 Å². The molecule has 0 amide bonds. The minimum atomic E-state index is -4.54. The molecular weight excluding hydrogens is 295 g/mol. The van der Waals surface area contributed by atoms with Gasteiger partial charge in [0.2, 0.25) is 0 Å². The summed E-state index contributed by atoms with van der Waals surface area (Å²) < 4.78 is 39.3. The molecule has 2 aromatic rings. The standard InChI is InChI=1S/C11H8F3N3O2S/c1-6-9(11(12,13)14)15-16(10(6)20)7-2-4-8(5-3-7)17(18)19/h2-5,15H,1H3. The van der Waals surface area contributed by atoms with Crippen LogP contribution in [0.5, 0.6) is 0 Å². The third kappa shape index (κ3) is 2.44. The quantitative estimate of drug-likeness (QED) is 0.522. The molecule has 0 aliphatic heterocycles. The lowest BCUT2D eigenvalue weighted by molar-refractivity contribution is -0.384. The first-order valence-electron chi connectivity index (χ1n) is 5.35. The molecule has 0 aliphatic carbocycles. The fourth-order valence-electron chi connectivity index (χ4n) is 1.70. The minimum Gasteiger partial charge on any atom is -0.288 e. The highest BCUT2D eigenvalue weighted by molar-refractivity contribution is 7.71. The van der Waals surface area contributed by atoms with Gasteiger partial charge in [0, 0.05) is 17.7 Å². The number of benzene rings is 1. The number of nitro benzene ring substituents is 1. The molecule has 9 heteroatoms. The molecule has 20 heavy (non-hydrogen) atoms. The maximum atomic E-state index is 12.7. The van der Waals surface area contributed by atoms with E-state index in [1.807, 2.05) is 0 Å². The lowest BCUT2D eigenvalue weighted by atomic mass is 10.2. The van der Waals surface area contributed by atoms with Crippen molar-refractivity contribution in [1.29, 1.82) is 0 Å². The van der Waals surface area contributed by atoms with Crippen LogP contribution in [0.2, 0.25) is 0 Å². The Labute approximate surface area is 115 Å². The van der Waals surface area contributed by atoms with Gasteiger partial charge in [0.15, 0.2) is 0 Å². The number of halogens is 3. The summed E-state index contributed by atoms with van der Waals surface area (Å²) in [6.45, 7) is 1.27. The Morgan fingerprint density at radius 2 is 1.85 bits per heavy atom. The van der Waals surface area contributed by atoms with Gasteiger partial charge in [-0.3, -0.25) is 15.2 Å². The molecule has 0 saturated heterocycles. The van der Waals surface area contributed by atoms with Gasteiger partial charge in [-0.05, 0) is 19.1 Å². The van der Waals surface area contributed by atoms with E-state index < -0.39 is 16.8 Å². The highest BCUT2D eigenvalue weighted by Crippen LogP contribution is 2.31. The van der Waals surface area contributed by atoms with Crippen molar-refractivity contribution < 1.29 is 18.1 Å². The van der Waals surface area contributed by atoms with Gasteiger partial charge < -0.3 is 0 Å². The number of alkyl halides is 3. The van der Waals surface area contributed by atoms with Crippen LogP contribution in [0.1, 0.15) is 11.3 Å². The molecule has 5 nitrogen and oxygen atoms in total. The van der Waals surface area contributed by atoms with Gasteiger partial charge in [-0.2, -0.15) is 13.2 Å². The zero-order valence-electron chi connectivity index (χ0n) is 10.1. The number of nitro groups is 1. The van der Waals surface area contributed by atoms with Crippen molar-refractivity contribution in [2.75, 3.05) is 0 Å². The van der Waals surface area contributed by atoms with E-state index in [0.717, 1.165) is 4.68 Å². The maximum Gasteiger partial charge on any atom is 0.433 e. The molecule has 106 valence electrons. The van der Waals surface area contributed by atoms with Crippen molar-refractivity contribution in [1.82, 2.24) is 9.78 Å². The molecule has 1 heterocycles. The summed E-state index contributed by atoms with van der Waals surface area (Å²) >= 11 is 4.95. The van der Waals surface area contributed by atoms with Crippen LogP contribution in [0.4, 0.5) is 18.9 Å². The van der Waals surface area contributed by atoms with E-state index in [1.54, 1.807) is 0 Å². The van der Waals surface area contributed by atoms with Crippen molar-refractivity contribution in [3.8, 4) is 5.69 Å². The highest BCUT2D eigenvalue weighted by Gasteiger charge is 2.35. The average molecular weight is 303 g/mol. The fraction of sp³-hybridized carbons (Fsp3) is 0.182. The SMILES string of the molecule is Cc1c(C(F)(F)F)[nH]n(-c2ccc([N+](=O)[O-])cc2)c1=S. The molecule has 0 atom stereocenters. The highest BCUT2D eigenvalue weighted by atomic mass is 32.1. The van der Waals surface area contributed by atoms with Crippen LogP contribution in [0.25, 0.3) is 5.69 Å². The van der Waals surface area contributed by atoms with Gasteiger partial charge in [0.25, 0.3) is 5.69 Å². The Morgan fingerprint density at radius 3 is 2.25 bits per heavy atom. The summed E-state index contributed by atoms with van der Waals surface area (Å²) in [4.78, 5) is 9.93. The van der Waals surface area contributed by atoms with Gasteiger partial charge in [0.05, 0.1) is 10.6 Å². The molecular formula is C11H8F3N3O2S. The monoisotopic (exact) mass is 303 g/mol. The molecule has 0 bridgehead atoms. The Balaban J connectivity index is 2.54. The summed E-state index contributed by atoms with van der Waals surface area (Å²) in [7, 11) is 0. The number of nitrogens with one attached hydrogen (secondary N) is 1. The van der Waals surface area contributed by atoms with E-state index in [2.05, 4.69) is 5.10 Å². The molecule has 0 saturated carbocycles. The number of aromatic amines is 1. The van der Waals surface area contributed by atoms with Gasteiger partial charge >= 0.3 is 6.18 Å². The molecule has 1 aromatic heterocycles.